The van der Waals surface area contributed by atoms with Gasteiger partial charge in [-0.1, -0.05) is 0 Å². The first-order valence-electron chi connectivity index (χ1n) is 7.02. The molecule has 0 fully saturated rings. The number of Topliss-reactive ketones (excluding diaryl/α,β-unsaturated/α-hetero) is 1. The molecule has 1 heterocycles. The monoisotopic (exact) mass is 344 g/mol. The Hall–Kier alpha value is -2.35. The summed E-state index contributed by atoms with van der Waals surface area (Å²) in [5.41, 5.74) is 4.12. The zero-order chi connectivity index (χ0) is 20.3. The third kappa shape index (κ3) is 21.9. The predicted molar refractivity (Wildman–Crippen MR) is 93.6 cm³/mol. The molecule has 0 amide bonds. The third-order valence-electron chi connectivity index (χ3n) is 2.31. The summed E-state index contributed by atoms with van der Waals surface area (Å²) < 4.78 is 0. The predicted octanol–water partition coefficient (Wildman–Crippen LogP) is 2.14. The lowest BCUT2D eigenvalue weighted by Crippen LogP contribution is -2.10. The first-order chi connectivity index (χ1) is 11.1. The number of hydrogen-bond donors (Lipinski definition) is 1. The van der Waals surface area contributed by atoms with Crippen LogP contribution < -0.4 is 0 Å². The molecule has 8 nitrogen and oxygen atoms in total. The molecule has 24 heavy (non-hydrogen) atoms. The molecule has 1 N–H and O–H groups in total. The second-order valence-corrected chi connectivity index (χ2v) is 4.32. The average molecular weight is 344 g/mol. The van der Waals surface area contributed by atoms with E-state index in [0.29, 0.717) is 0 Å². The highest BCUT2D eigenvalue weighted by atomic mass is 16.7. The van der Waals surface area contributed by atoms with E-state index in [1.807, 2.05) is 27.7 Å². The Morgan fingerprint density at radius 3 is 1.08 bits per heavy atom. The van der Waals surface area contributed by atoms with Gasteiger partial charge in [-0.05, 0) is 55.4 Å². The summed E-state index contributed by atoms with van der Waals surface area (Å²) >= 11 is 0. The number of rotatable bonds is 1. The normalized spacial score (nSPS) is 8.88. The van der Waals surface area contributed by atoms with E-state index in [2.05, 4.69) is 9.97 Å². The van der Waals surface area contributed by atoms with Gasteiger partial charge in [0.05, 0.1) is 22.8 Å². The number of hydrogen-bond acceptors (Lipinski definition) is 8. The molecule has 0 saturated carbocycles. The fourth-order valence-corrected chi connectivity index (χ4v) is 0.827. The van der Waals surface area contributed by atoms with E-state index >= 15 is 0 Å². The Morgan fingerprint density at radius 2 is 1.00 bits per heavy atom. The van der Waals surface area contributed by atoms with Crippen molar-refractivity contribution in [3.8, 4) is 0 Å². The molecule has 1 aromatic rings. The standard InChI is InChI=1S/C8H12N2.C4H8O2.2C2H4O.O2/c1-5-6(2)10-8(4)7(3)9-5;1-3(5)4(2)6;2*1-2-3;1-2/h1-4H3;3,5H,1-2H3;2*2H,1H3;. The zero-order valence-corrected chi connectivity index (χ0v) is 15.6. The summed E-state index contributed by atoms with van der Waals surface area (Å²) in [5.74, 6) is -0.185. The maximum Gasteiger partial charge on any atom is 0.157 e. The molecule has 1 atom stereocenters. The molecule has 0 aliphatic carbocycles. The van der Waals surface area contributed by atoms with Gasteiger partial charge < -0.3 is 14.7 Å². The van der Waals surface area contributed by atoms with Crippen LogP contribution in [0.5, 0.6) is 0 Å². The van der Waals surface area contributed by atoms with Gasteiger partial charge in [-0.3, -0.25) is 14.8 Å². The molecule has 138 valence electrons. The number of aliphatic hydroxyl groups excluding tert-OH is 1. The topological polar surface area (TPSA) is 131 Å². The van der Waals surface area contributed by atoms with Crippen molar-refractivity contribution < 1.29 is 19.5 Å². The molecule has 1 rings (SSSR count). The lowest BCUT2D eigenvalue weighted by atomic mass is 10.3. The molecule has 0 radical (unpaired) electrons. The highest BCUT2D eigenvalue weighted by Crippen LogP contribution is 2.04. The van der Waals surface area contributed by atoms with Crippen molar-refractivity contribution >= 4 is 18.4 Å². The Labute approximate surface area is 142 Å². The third-order valence-corrected chi connectivity index (χ3v) is 2.31. The van der Waals surface area contributed by atoms with Crippen LogP contribution in [0, 0.1) is 37.6 Å². The number of aromatic nitrogens is 2. The molecule has 0 aromatic carbocycles. The van der Waals surface area contributed by atoms with Gasteiger partial charge in [0, 0.05) is 9.93 Å². The first kappa shape index (κ1) is 29.6. The van der Waals surface area contributed by atoms with Gasteiger partial charge in [-0.2, -0.15) is 0 Å². The van der Waals surface area contributed by atoms with Crippen LogP contribution in [0.3, 0.4) is 0 Å². The molecular weight excluding hydrogens is 316 g/mol. The van der Waals surface area contributed by atoms with Crippen molar-refractivity contribution in [1.29, 1.82) is 0 Å². The van der Waals surface area contributed by atoms with Crippen molar-refractivity contribution in [1.82, 2.24) is 9.97 Å². The Bertz CT molecular complexity index is 420. The van der Waals surface area contributed by atoms with Crippen LogP contribution in [-0.2, 0) is 14.4 Å². The van der Waals surface area contributed by atoms with Crippen LogP contribution in [0.15, 0.2) is 0 Å². The average Bonchev–Trinajstić information content (AvgIpc) is 2.49. The number of aldehydes is 2. The van der Waals surface area contributed by atoms with E-state index in [-0.39, 0.29) is 5.78 Å². The van der Waals surface area contributed by atoms with E-state index in [0.717, 1.165) is 35.3 Å². The second kappa shape index (κ2) is 20.6. The van der Waals surface area contributed by atoms with E-state index in [4.69, 9.17) is 24.6 Å². The summed E-state index contributed by atoms with van der Waals surface area (Å²) in [6, 6.07) is 0. The van der Waals surface area contributed by atoms with Crippen molar-refractivity contribution in [2.75, 3.05) is 0 Å². The summed E-state index contributed by atoms with van der Waals surface area (Å²) in [4.78, 5) is 50.1. The molecule has 1 unspecified atom stereocenters. The van der Waals surface area contributed by atoms with Crippen LogP contribution in [0.1, 0.15) is 50.5 Å². The SMILES string of the molecule is CC(=O)C(C)O.CC=O.CC=O.Cc1nc(C)c(C)nc1C.O=O. The fraction of sp³-hybridized carbons (Fsp3) is 0.562. The van der Waals surface area contributed by atoms with Gasteiger partial charge in [0.15, 0.2) is 5.78 Å². The van der Waals surface area contributed by atoms with E-state index in [1.54, 1.807) is 0 Å². The highest BCUT2D eigenvalue weighted by Gasteiger charge is 1.98. The molecule has 8 heteroatoms. The smallest absolute Gasteiger partial charge is 0.157 e. The van der Waals surface area contributed by atoms with Crippen LogP contribution in [0.25, 0.3) is 0 Å². The van der Waals surface area contributed by atoms with Crippen LogP contribution in [0.4, 0.5) is 0 Å². The van der Waals surface area contributed by atoms with Gasteiger partial charge in [0.25, 0.3) is 0 Å². The van der Waals surface area contributed by atoms with Gasteiger partial charge in [0.2, 0.25) is 0 Å². The number of aliphatic hydroxyl groups is 1. The maximum atomic E-state index is 9.89. The highest BCUT2D eigenvalue weighted by molar-refractivity contribution is 5.79. The number of carbonyl (C=O) groups excluding carboxylic acids is 3. The van der Waals surface area contributed by atoms with Crippen LogP contribution in [0.2, 0.25) is 0 Å². The van der Waals surface area contributed by atoms with Gasteiger partial charge >= 0.3 is 0 Å². The van der Waals surface area contributed by atoms with E-state index in [9.17, 15) is 4.79 Å². The van der Waals surface area contributed by atoms with Crippen LogP contribution >= 0.6 is 0 Å². The fourth-order valence-electron chi connectivity index (χ4n) is 0.827. The molecule has 1 aromatic heterocycles. The minimum absolute atomic E-state index is 0.185. The van der Waals surface area contributed by atoms with Crippen molar-refractivity contribution in [2.45, 2.75) is 61.5 Å². The number of aryl methyl sites for hydroxylation is 4. The lowest BCUT2D eigenvalue weighted by Gasteiger charge is -2.01. The Balaban J connectivity index is -0.000000123. The minimum atomic E-state index is -0.787. The van der Waals surface area contributed by atoms with Crippen molar-refractivity contribution in [3.63, 3.8) is 0 Å². The summed E-state index contributed by atoms with van der Waals surface area (Å²) in [7, 11) is 0. The van der Waals surface area contributed by atoms with E-state index < -0.39 is 6.10 Å². The quantitative estimate of drug-likeness (QED) is 0.766. The molecule has 0 saturated heterocycles. The van der Waals surface area contributed by atoms with Gasteiger partial charge in [-0.25, -0.2) is 0 Å². The zero-order valence-electron chi connectivity index (χ0n) is 15.6. The Kier molecular flexibility index (Phi) is 25.5. The summed E-state index contributed by atoms with van der Waals surface area (Å²) in [6.07, 6.45) is 0.713. The maximum absolute atomic E-state index is 9.89. The molecule has 0 aliphatic heterocycles. The first-order valence-corrected chi connectivity index (χ1v) is 7.02. The summed E-state index contributed by atoms with van der Waals surface area (Å²) in [5, 5.41) is 8.28. The number of carbonyl (C=O) groups is 3. The Morgan fingerprint density at radius 1 is 0.875 bits per heavy atom. The van der Waals surface area contributed by atoms with Gasteiger partial charge in [-0.15, -0.1) is 0 Å². The summed E-state index contributed by atoms with van der Waals surface area (Å²) in [6.45, 7) is 13.6. The molecule has 0 bridgehead atoms. The molecular formula is C16H28N2O6. The number of nitrogens with zero attached hydrogens (tertiary/aromatic N) is 2. The van der Waals surface area contributed by atoms with Crippen LogP contribution in [-0.4, -0.2) is 39.5 Å². The number of ketones is 1. The lowest BCUT2D eigenvalue weighted by molar-refractivity contribution is -0.124. The van der Waals surface area contributed by atoms with Crippen molar-refractivity contribution in [3.05, 3.63) is 32.7 Å². The molecule has 0 spiro atoms. The largest absolute Gasteiger partial charge is 0.386 e. The van der Waals surface area contributed by atoms with Crippen molar-refractivity contribution in [2.24, 2.45) is 0 Å². The van der Waals surface area contributed by atoms with Gasteiger partial charge in [0.1, 0.15) is 18.7 Å². The molecule has 0 aliphatic rings. The van der Waals surface area contributed by atoms with E-state index in [1.165, 1.54) is 27.7 Å². The second-order valence-electron chi connectivity index (χ2n) is 4.32. The minimum Gasteiger partial charge on any atom is -0.386 e.